The van der Waals surface area contributed by atoms with Gasteiger partial charge in [0.2, 0.25) is 5.95 Å². The van der Waals surface area contributed by atoms with Crippen LogP contribution in [0.5, 0.6) is 5.75 Å². The highest BCUT2D eigenvalue weighted by Gasteiger charge is 2.39. The van der Waals surface area contributed by atoms with Crippen molar-refractivity contribution in [2.24, 2.45) is 11.3 Å². The highest BCUT2D eigenvalue weighted by atomic mass is 16.5. The molecule has 0 saturated carbocycles. The summed E-state index contributed by atoms with van der Waals surface area (Å²) >= 11 is 0. The van der Waals surface area contributed by atoms with E-state index in [0.29, 0.717) is 24.0 Å². The van der Waals surface area contributed by atoms with Crippen LogP contribution in [-0.2, 0) is 11.3 Å². The third kappa shape index (κ3) is 4.52. The van der Waals surface area contributed by atoms with Gasteiger partial charge in [0.1, 0.15) is 18.4 Å². The van der Waals surface area contributed by atoms with Gasteiger partial charge in [-0.05, 0) is 76.1 Å². The van der Waals surface area contributed by atoms with Gasteiger partial charge < -0.3 is 14.8 Å². The van der Waals surface area contributed by atoms with Crippen molar-refractivity contribution in [2.45, 2.75) is 52.7 Å². The van der Waals surface area contributed by atoms with Gasteiger partial charge in [-0.25, -0.2) is 4.79 Å². The number of nitrogens with one attached hydrogen (secondary N) is 1. The monoisotopic (exact) mass is 473 g/mol. The number of rotatable bonds is 5. The fourth-order valence-corrected chi connectivity index (χ4v) is 5.15. The Kier molecular flexibility index (Phi) is 6.05. The van der Waals surface area contributed by atoms with Crippen molar-refractivity contribution in [1.29, 1.82) is 0 Å². The number of methoxy groups -OCH3 is 1. The molecule has 35 heavy (non-hydrogen) atoms. The molecule has 2 heterocycles. The Morgan fingerprint density at radius 2 is 1.86 bits per heavy atom. The number of ether oxygens (including phenoxy) is 2. The lowest BCUT2D eigenvalue weighted by Crippen LogP contribution is -2.35. The normalized spacial score (nSPS) is 19.4. The predicted molar refractivity (Wildman–Crippen MR) is 132 cm³/mol. The minimum atomic E-state index is -0.346. The zero-order chi connectivity index (χ0) is 24.6. The molecule has 1 aliphatic carbocycles. The lowest BCUT2D eigenvalue weighted by molar-refractivity contribution is 0.0600. The summed E-state index contributed by atoms with van der Waals surface area (Å²) in [7, 11) is 1.38. The first-order valence-electron chi connectivity index (χ1n) is 12.0. The number of hydrogen-bond acceptors (Lipinski definition) is 7. The van der Waals surface area contributed by atoms with Crippen molar-refractivity contribution in [2.75, 3.05) is 12.4 Å². The molecule has 0 fully saturated rings. The zero-order valence-corrected chi connectivity index (χ0v) is 20.6. The maximum absolute atomic E-state index is 11.6. The van der Waals surface area contributed by atoms with Crippen molar-refractivity contribution in [3.05, 3.63) is 76.5 Å². The first-order valence-corrected chi connectivity index (χ1v) is 12.0. The van der Waals surface area contributed by atoms with Gasteiger partial charge in [-0.1, -0.05) is 50.1 Å². The van der Waals surface area contributed by atoms with Crippen LogP contribution >= 0.6 is 0 Å². The third-order valence-electron chi connectivity index (χ3n) is 6.97. The molecular formula is C27H31N5O3. The van der Waals surface area contributed by atoms with Gasteiger partial charge in [0.05, 0.1) is 12.7 Å². The Hall–Kier alpha value is -3.68. The van der Waals surface area contributed by atoms with Crippen LogP contribution in [0.3, 0.4) is 0 Å². The van der Waals surface area contributed by atoms with Crippen LogP contribution in [-0.4, -0.2) is 33.3 Å². The van der Waals surface area contributed by atoms with Gasteiger partial charge in [-0.2, -0.15) is 4.68 Å². The number of hydrogen-bond donors (Lipinski definition) is 1. The zero-order valence-electron chi connectivity index (χ0n) is 20.6. The molecular weight excluding hydrogens is 442 g/mol. The van der Waals surface area contributed by atoms with E-state index in [1.807, 2.05) is 28.9 Å². The van der Waals surface area contributed by atoms with E-state index in [1.165, 1.54) is 18.4 Å². The average Bonchev–Trinajstić information content (AvgIpc) is 3.33. The number of nitrogens with zero attached hydrogens (tertiary/aromatic N) is 4. The maximum atomic E-state index is 11.6. The van der Waals surface area contributed by atoms with Crippen molar-refractivity contribution in [1.82, 2.24) is 20.2 Å². The second-order valence-corrected chi connectivity index (χ2v) is 10.3. The fourth-order valence-electron chi connectivity index (χ4n) is 5.15. The van der Waals surface area contributed by atoms with Crippen molar-refractivity contribution in [3.8, 4) is 5.75 Å². The van der Waals surface area contributed by atoms with Crippen molar-refractivity contribution < 1.29 is 14.3 Å². The van der Waals surface area contributed by atoms with E-state index in [4.69, 9.17) is 9.47 Å². The molecule has 0 bridgehead atoms. The molecule has 182 valence electrons. The Morgan fingerprint density at radius 1 is 1.11 bits per heavy atom. The minimum absolute atomic E-state index is 0.0266. The largest absolute Gasteiger partial charge is 0.489 e. The van der Waals surface area contributed by atoms with Crippen LogP contribution in [0.2, 0.25) is 0 Å². The molecule has 8 heteroatoms. The number of aromatic nitrogens is 4. The second-order valence-electron chi connectivity index (χ2n) is 10.3. The highest BCUT2D eigenvalue weighted by Crippen LogP contribution is 2.48. The van der Waals surface area contributed by atoms with Gasteiger partial charge in [0, 0.05) is 11.6 Å². The van der Waals surface area contributed by atoms with Crippen LogP contribution in [0.15, 0.2) is 59.8 Å². The smallest absolute Gasteiger partial charge is 0.337 e. The highest BCUT2D eigenvalue weighted by molar-refractivity contribution is 5.89. The minimum Gasteiger partial charge on any atom is -0.489 e. The van der Waals surface area contributed by atoms with Crippen LogP contribution < -0.4 is 10.1 Å². The predicted octanol–water partition coefficient (Wildman–Crippen LogP) is 5.15. The molecule has 0 saturated heterocycles. The SMILES string of the molecule is COC(=O)c1ccc(COc2ccc([C@H]3C4=C(Nc5nnnn53)[C@H](C(C)(C)C)CCC4)cc2)cc1. The molecule has 0 radical (unpaired) electrons. The van der Waals surface area contributed by atoms with E-state index >= 15 is 0 Å². The van der Waals surface area contributed by atoms with E-state index in [0.717, 1.165) is 36.1 Å². The third-order valence-corrected chi connectivity index (χ3v) is 6.97. The maximum Gasteiger partial charge on any atom is 0.337 e. The number of carbonyl (C=O) groups is 1. The lowest BCUT2D eigenvalue weighted by atomic mass is 9.70. The molecule has 1 aromatic heterocycles. The van der Waals surface area contributed by atoms with Crippen LogP contribution in [0.25, 0.3) is 0 Å². The lowest BCUT2D eigenvalue weighted by Gasteiger charge is -2.42. The second kappa shape index (κ2) is 9.17. The van der Waals surface area contributed by atoms with Crippen LogP contribution in [0.4, 0.5) is 5.95 Å². The fraction of sp³-hybridized carbons (Fsp3) is 0.407. The van der Waals surface area contributed by atoms with Crippen molar-refractivity contribution >= 4 is 11.9 Å². The molecule has 3 aromatic rings. The molecule has 1 N–H and O–H groups in total. The topological polar surface area (TPSA) is 91.2 Å². The average molecular weight is 474 g/mol. The summed E-state index contributed by atoms with van der Waals surface area (Å²) in [5.74, 6) is 1.57. The van der Waals surface area contributed by atoms with Gasteiger partial charge in [0.15, 0.2) is 0 Å². The van der Waals surface area contributed by atoms with Crippen LogP contribution in [0, 0.1) is 11.3 Å². The molecule has 5 rings (SSSR count). The summed E-state index contributed by atoms with van der Waals surface area (Å²) < 4.78 is 12.6. The summed E-state index contributed by atoms with van der Waals surface area (Å²) in [5, 5.41) is 16.1. The van der Waals surface area contributed by atoms with Crippen molar-refractivity contribution in [3.63, 3.8) is 0 Å². The Bertz CT molecular complexity index is 1240. The molecule has 0 unspecified atom stereocenters. The van der Waals surface area contributed by atoms with E-state index < -0.39 is 0 Å². The number of carbonyl (C=O) groups excluding carboxylic acids is 1. The van der Waals surface area contributed by atoms with Crippen LogP contribution in [0.1, 0.15) is 67.6 Å². The van der Waals surface area contributed by atoms with E-state index in [-0.39, 0.29) is 17.4 Å². The summed E-state index contributed by atoms with van der Waals surface area (Å²) in [4.78, 5) is 11.6. The first kappa shape index (κ1) is 23.1. The summed E-state index contributed by atoms with van der Waals surface area (Å²) in [6.45, 7) is 7.32. The molecule has 1 aliphatic heterocycles. The summed E-state index contributed by atoms with van der Waals surface area (Å²) in [6, 6.07) is 15.4. The number of anilines is 1. The van der Waals surface area contributed by atoms with Gasteiger partial charge in [-0.15, -0.1) is 0 Å². The van der Waals surface area contributed by atoms with E-state index in [1.54, 1.807) is 12.1 Å². The van der Waals surface area contributed by atoms with Gasteiger partial charge >= 0.3 is 5.97 Å². The Morgan fingerprint density at radius 3 is 2.54 bits per heavy atom. The molecule has 2 aromatic carbocycles. The first-order chi connectivity index (χ1) is 16.8. The standard InChI is InChI=1S/C27H31N5O3/c1-27(2,3)22-7-5-6-21-23(22)28-26-29-30-31-32(26)24(21)18-12-14-20(15-13-18)35-16-17-8-10-19(11-9-17)25(33)34-4/h8-15,22,24H,5-7,16H2,1-4H3,(H,28,29,31)/t22-,24+/m1/s1. The molecule has 2 aliphatic rings. The quantitative estimate of drug-likeness (QED) is 0.512. The summed E-state index contributed by atoms with van der Waals surface area (Å²) in [6.07, 6.45) is 3.35. The molecule has 0 amide bonds. The number of benzene rings is 2. The molecule has 0 spiro atoms. The Balaban J connectivity index is 1.36. The number of fused-ring (bicyclic) bond motifs is 1. The van der Waals surface area contributed by atoms with Gasteiger partial charge in [-0.3, -0.25) is 0 Å². The molecule has 2 atom stereocenters. The van der Waals surface area contributed by atoms with E-state index in [9.17, 15) is 4.79 Å². The van der Waals surface area contributed by atoms with Gasteiger partial charge in [0.25, 0.3) is 0 Å². The molecule has 8 nitrogen and oxygen atoms in total. The number of allylic oxidation sites excluding steroid dienone is 2. The number of tetrazole rings is 1. The van der Waals surface area contributed by atoms with E-state index in [2.05, 4.69) is 53.7 Å². The number of esters is 1. The Labute approximate surface area is 205 Å². The summed E-state index contributed by atoms with van der Waals surface area (Å²) in [5.41, 5.74) is 5.44.